The fourth-order valence-corrected chi connectivity index (χ4v) is 3.04. The number of hydrogen-bond donors (Lipinski definition) is 1. The molecular formula is C19H29F3N4O. The van der Waals surface area contributed by atoms with Crippen LogP contribution in [0.2, 0.25) is 0 Å². The number of benzene rings is 1. The van der Waals surface area contributed by atoms with Gasteiger partial charge >= 0.3 is 6.18 Å². The molecule has 1 fully saturated rings. The monoisotopic (exact) mass is 386 g/mol. The number of ether oxygens (including phenoxy) is 1. The van der Waals surface area contributed by atoms with Gasteiger partial charge in [-0.05, 0) is 38.5 Å². The first-order valence-electron chi connectivity index (χ1n) is 9.22. The van der Waals surface area contributed by atoms with Crippen molar-refractivity contribution in [3.8, 4) is 5.75 Å². The molecule has 1 aromatic carbocycles. The molecule has 1 saturated heterocycles. The van der Waals surface area contributed by atoms with Gasteiger partial charge in [0, 0.05) is 39.8 Å². The van der Waals surface area contributed by atoms with E-state index in [0.717, 1.165) is 11.3 Å². The summed E-state index contributed by atoms with van der Waals surface area (Å²) in [5.41, 5.74) is 1.05. The molecule has 0 aliphatic carbocycles. The second-order valence-corrected chi connectivity index (χ2v) is 6.96. The van der Waals surface area contributed by atoms with Crippen molar-refractivity contribution in [3.05, 3.63) is 29.8 Å². The van der Waals surface area contributed by atoms with Crippen molar-refractivity contribution in [2.45, 2.75) is 45.6 Å². The summed E-state index contributed by atoms with van der Waals surface area (Å²) >= 11 is 0. The van der Waals surface area contributed by atoms with Crippen LogP contribution in [0.1, 0.15) is 26.3 Å². The van der Waals surface area contributed by atoms with E-state index in [9.17, 15) is 13.2 Å². The highest BCUT2D eigenvalue weighted by Gasteiger charge is 2.41. The minimum atomic E-state index is -4.19. The number of halogens is 3. The Morgan fingerprint density at radius 3 is 2.41 bits per heavy atom. The van der Waals surface area contributed by atoms with Crippen molar-refractivity contribution in [2.75, 3.05) is 33.2 Å². The van der Waals surface area contributed by atoms with Crippen molar-refractivity contribution < 1.29 is 17.9 Å². The molecule has 2 rings (SSSR count). The summed E-state index contributed by atoms with van der Waals surface area (Å²) in [5.74, 6) is 1.51. The van der Waals surface area contributed by atoms with Gasteiger partial charge in [-0.2, -0.15) is 13.2 Å². The highest BCUT2D eigenvalue weighted by atomic mass is 19.4. The van der Waals surface area contributed by atoms with Crippen LogP contribution in [0.15, 0.2) is 29.3 Å². The molecule has 152 valence electrons. The zero-order valence-electron chi connectivity index (χ0n) is 16.4. The standard InChI is InChI=1S/C19H29F3N4O/c1-14(2)27-17-7-5-6-16(12-17)13-24-18(23-4)26-10-8-25(9-11-26)15(3)19(20,21)22/h5-7,12,14-15H,8-11,13H2,1-4H3,(H,23,24). The number of nitrogens with zero attached hydrogens (tertiary/aromatic N) is 3. The van der Waals surface area contributed by atoms with E-state index in [-0.39, 0.29) is 6.10 Å². The lowest BCUT2D eigenvalue weighted by Crippen LogP contribution is -2.56. The normalized spacial score (nSPS) is 17.9. The molecule has 0 aromatic heterocycles. The topological polar surface area (TPSA) is 40.1 Å². The first-order valence-corrected chi connectivity index (χ1v) is 9.22. The number of aliphatic imine (C=N–C) groups is 1. The van der Waals surface area contributed by atoms with Gasteiger partial charge in [-0.15, -0.1) is 0 Å². The van der Waals surface area contributed by atoms with Gasteiger partial charge < -0.3 is 15.0 Å². The number of nitrogens with one attached hydrogen (secondary N) is 1. The van der Waals surface area contributed by atoms with E-state index in [1.54, 1.807) is 7.05 Å². The zero-order chi connectivity index (χ0) is 20.0. The van der Waals surface area contributed by atoms with E-state index < -0.39 is 12.2 Å². The van der Waals surface area contributed by atoms with Crippen LogP contribution >= 0.6 is 0 Å². The summed E-state index contributed by atoms with van der Waals surface area (Å²) in [6, 6.07) is 6.41. The molecule has 0 spiro atoms. The van der Waals surface area contributed by atoms with Crippen LogP contribution in [0.25, 0.3) is 0 Å². The van der Waals surface area contributed by atoms with E-state index in [0.29, 0.717) is 38.7 Å². The number of alkyl halides is 3. The summed E-state index contributed by atoms with van der Waals surface area (Å²) < 4.78 is 44.3. The fraction of sp³-hybridized carbons (Fsp3) is 0.632. The lowest BCUT2D eigenvalue weighted by atomic mass is 10.2. The minimum absolute atomic E-state index is 0.108. The highest BCUT2D eigenvalue weighted by molar-refractivity contribution is 5.80. The Kier molecular flexibility index (Phi) is 7.35. The lowest BCUT2D eigenvalue weighted by Gasteiger charge is -2.39. The molecule has 1 unspecified atom stereocenters. The first-order chi connectivity index (χ1) is 12.7. The Morgan fingerprint density at radius 1 is 1.19 bits per heavy atom. The van der Waals surface area contributed by atoms with Gasteiger partial charge in [0.2, 0.25) is 0 Å². The second kappa shape index (κ2) is 9.30. The quantitative estimate of drug-likeness (QED) is 0.624. The highest BCUT2D eigenvalue weighted by Crippen LogP contribution is 2.25. The molecule has 27 heavy (non-hydrogen) atoms. The molecule has 1 aromatic rings. The summed E-state index contributed by atoms with van der Waals surface area (Å²) in [7, 11) is 1.69. The zero-order valence-corrected chi connectivity index (χ0v) is 16.4. The lowest BCUT2D eigenvalue weighted by molar-refractivity contribution is -0.181. The van der Waals surface area contributed by atoms with Crippen LogP contribution in [0.3, 0.4) is 0 Å². The molecular weight excluding hydrogens is 357 g/mol. The van der Waals surface area contributed by atoms with Crippen molar-refractivity contribution in [1.82, 2.24) is 15.1 Å². The predicted octanol–water partition coefficient (Wildman–Crippen LogP) is 3.12. The summed E-state index contributed by atoms with van der Waals surface area (Å²) in [4.78, 5) is 7.74. The second-order valence-electron chi connectivity index (χ2n) is 6.96. The third kappa shape index (κ3) is 6.30. The van der Waals surface area contributed by atoms with Crippen LogP contribution in [0, 0.1) is 0 Å². The summed E-state index contributed by atoms with van der Waals surface area (Å²) in [5, 5.41) is 3.29. The molecule has 8 heteroatoms. The van der Waals surface area contributed by atoms with Crippen molar-refractivity contribution in [3.63, 3.8) is 0 Å². The Balaban J connectivity index is 1.88. The van der Waals surface area contributed by atoms with Gasteiger partial charge in [0.05, 0.1) is 6.10 Å². The fourth-order valence-electron chi connectivity index (χ4n) is 3.04. The van der Waals surface area contributed by atoms with Gasteiger partial charge in [-0.1, -0.05) is 12.1 Å². The maximum atomic E-state index is 12.9. The van der Waals surface area contributed by atoms with Crippen molar-refractivity contribution >= 4 is 5.96 Å². The average Bonchev–Trinajstić information content (AvgIpc) is 2.61. The van der Waals surface area contributed by atoms with Crippen LogP contribution < -0.4 is 10.1 Å². The molecule has 0 saturated carbocycles. The van der Waals surface area contributed by atoms with Gasteiger partial charge in [0.25, 0.3) is 0 Å². The molecule has 5 nitrogen and oxygen atoms in total. The van der Waals surface area contributed by atoms with E-state index >= 15 is 0 Å². The van der Waals surface area contributed by atoms with Crippen LogP contribution in [-0.2, 0) is 6.54 Å². The Hall–Kier alpha value is -1.96. The van der Waals surface area contributed by atoms with E-state index in [2.05, 4.69) is 10.3 Å². The minimum Gasteiger partial charge on any atom is -0.491 e. The van der Waals surface area contributed by atoms with Crippen LogP contribution in [-0.4, -0.2) is 67.3 Å². The number of piperazine rings is 1. The number of hydrogen-bond acceptors (Lipinski definition) is 3. The molecule has 0 radical (unpaired) electrons. The van der Waals surface area contributed by atoms with Gasteiger partial charge in [0.1, 0.15) is 11.8 Å². The third-order valence-corrected chi connectivity index (χ3v) is 4.57. The smallest absolute Gasteiger partial charge is 0.403 e. The van der Waals surface area contributed by atoms with Crippen molar-refractivity contribution in [1.29, 1.82) is 0 Å². The Bertz CT molecular complexity index is 626. The Morgan fingerprint density at radius 2 is 1.85 bits per heavy atom. The van der Waals surface area contributed by atoms with Gasteiger partial charge in [-0.3, -0.25) is 9.89 Å². The SMILES string of the molecule is CN=C(NCc1cccc(OC(C)C)c1)N1CCN(C(C)C(F)(F)F)CC1. The van der Waals surface area contributed by atoms with E-state index in [4.69, 9.17) is 4.74 Å². The van der Waals surface area contributed by atoms with E-state index in [1.807, 2.05) is 43.0 Å². The molecule has 1 heterocycles. The molecule has 1 aliphatic heterocycles. The van der Waals surface area contributed by atoms with Crippen LogP contribution in [0.4, 0.5) is 13.2 Å². The molecule has 1 atom stereocenters. The predicted molar refractivity (Wildman–Crippen MR) is 101 cm³/mol. The maximum Gasteiger partial charge on any atom is 0.403 e. The van der Waals surface area contributed by atoms with Crippen LogP contribution in [0.5, 0.6) is 5.75 Å². The molecule has 1 N–H and O–H groups in total. The third-order valence-electron chi connectivity index (χ3n) is 4.57. The first kappa shape index (κ1) is 21.3. The van der Waals surface area contributed by atoms with Crippen molar-refractivity contribution in [2.24, 2.45) is 4.99 Å². The largest absolute Gasteiger partial charge is 0.491 e. The molecule has 0 bridgehead atoms. The molecule has 1 aliphatic rings. The van der Waals surface area contributed by atoms with Gasteiger partial charge in [0.15, 0.2) is 5.96 Å². The summed E-state index contributed by atoms with van der Waals surface area (Å²) in [6.07, 6.45) is -4.08. The molecule has 0 amide bonds. The van der Waals surface area contributed by atoms with Gasteiger partial charge in [-0.25, -0.2) is 0 Å². The maximum absolute atomic E-state index is 12.9. The Labute approximate surface area is 159 Å². The summed E-state index contributed by atoms with van der Waals surface area (Å²) in [6.45, 7) is 7.49. The average molecular weight is 386 g/mol. The number of rotatable bonds is 5. The number of guanidine groups is 1. The van der Waals surface area contributed by atoms with E-state index in [1.165, 1.54) is 11.8 Å².